The molecule has 0 bridgehead atoms. The summed E-state index contributed by atoms with van der Waals surface area (Å²) < 4.78 is 14.8. The molecule has 5 rings (SSSR count). The highest BCUT2D eigenvalue weighted by Crippen LogP contribution is 2.42. The fourth-order valence-corrected chi connectivity index (χ4v) is 5.58. The Morgan fingerprint density at radius 3 is 2.32 bits per heavy atom. The van der Waals surface area contributed by atoms with Crippen molar-refractivity contribution in [2.24, 2.45) is 5.92 Å². The molecule has 1 amide bonds. The molecule has 0 radical (unpaired) electrons. The van der Waals surface area contributed by atoms with Crippen LogP contribution in [0, 0.1) is 5.92 Å². The molecule has 4 aromatic rings. The van der Waals surface area contributed by atoms with E-state index < -0.39 is 12.3 Å². The number of carbonyl (C=O) groups excluding carboxylic acids is 1. The second kappa shape index (κ2) is 14.4. The summed E-state index contributed by atoms with van der Waals surface area (Å²) in [5.74, 6) is -1.37. The maximum atomic E-state index is 12.1. The van der Waals surface area contributed by atoms with Crippen molar-refractivity contribution < 1.29 is 29.3 Å². The monoisotopic (exact) mass is 637 g/mol. The van der Waals surface area contributed by atoms with E-state index in [0.29, 0.717) is 11.7 Å². The first-order valence-electron chi connectivity index (χ1n) is 14.3. The number of nitrogens with one attached hydrogen (secondary N) is 1. The highest BCUT2D eigenvalue weighted by molar-refractivity contribution is 6.40. The Bertz CT molecular complexity index is 1590. The lowest BCUT2D eigenvalue weighted by molar-refractivity contribution is -0.276. The molecule has 11 heteroatoms. The zero-order valence-electron chi connectivity index (χ0n) is 24.0. The highest BCUT2D eigenvalue weighted by Gasteiger charge is 2.39. The molecule has 1 saturated heterocycles. The van der Waals surface area contributed by atoms with Crippen LogP contribution in [0.15, 0.2) is 79.1 Å². The summed E-state index contributed by atoms with van der Waals surface area (Å²) in [4.78, 5) is 27.0. The zero-order chi connectivity index (χ0) is 31.2. The molecule has 9 nitrogen and oxygen atoms in total. The average molecular weight is 639 g/mol. The van der Waals surface area contributed by atoms with Gasteiger partial charge in [0.25, 0.3) is 0 Å². The minimum atomic E-state index is -1.01. The van der Waals surface area contributed by atoms with E-state index in [2.05, 4.69) is 17.2 Å². The van der Waals surface area contributed by atoms with E-state index in [9.17, 15) is 14.7 Å². The Morgan fingerprint density at radius 2 is 1.66 bits per heavy atom. The van der Waals surface area contributed by atoms with Gasteiger partial charge >= 0.3 is 5.97 Å². The molecule has 1 aliphatic rings. The Balaban J connectivity index is 1.37. The molecule has 0 saturated carbocycles. The first-order valence-corrected chi connectivity index (χ1v) is 15.0. The van der Waals surface area contributed by atoms with E-state index in [4.69, 9.17) is 37.8 Å². The number of amides is 1. The van der Waals surface area contributed by atoms with Crippen LogP contribution in [-0.2, 0) is 38.8 Å². The second-order valence-electron chi connectivity index (χ2n) is 10.8. The maximum absolute atomic E-state index is 12.1. The Kier molecular flexibility index (Phi) is 10.3. The van der Waals surface area contributed by atoms with Crippen LogP contribution in [0.25, 0.3) is 11.1 Å². The number of aromatic nitrogens is 2. The smallest absolute Gasteiger partial charge is 0.303 e. The number of aliphatic carboxylic acids is 1. The van der Waals surface area contributed by atoms with Crippen molar-refractivity contribution in [3.8, 4) is 11.1 Å². The predicted octanol–water partition coefficient (Wildman–Crippen LogP) is 6.32. The summed E-state index contributed by atoms with van der Waals surface area (Å²) in [6.07, 6.45) is 0.0577. The summed E-state index contributed by atoms with van der Waals surface area (Å²) in [6.45, 7) is 2.73. The van der Waals surface area contributed by atoms with Gasteiger partial charge in [0.05, 0.1) is 38.1 Å². The number of carboxylic acid groups (broad SMARTS) is 1. The molecule has 4 unspecified atom stereocenters. The van der Waals surface area contributed by atoms with Gasteiger partial charge in [0, 0.05) is 24.4 Å². The molecular formula is C33H33Cl2N3O6. The summed E-state index contributed by atoms with van der Waals surface area (Å²) in [7, 11) is 0. The van der Waals surface area contributed by atoms with Crippen molar-refractivity contribution in [3.05, 3.63) is 112 Å². The first kappa shape index (κ1) is 31.7. The van der Waals surface area contributed by atoms with Crippen molar-refractivity contribution in [1.29, 1.82) is 0 Å². The molecule has 44 heavy (non-hydrogen) atoms. The van der Waals surface area contributed by atoms with Crippen LogP contribution < -0.4 is 5.32 Å². The summed E-state index contributed by atoms with van der Waals surface area (Å²) >= 11 is 12.5. The largest absolute Gasteiger partial charge is 0.481 e. The van der Waals surface area contributed by atoms with Crippen LogP contribution in [0.5, 0.6) is 0 Å². The second-order valence-corrected chi connectivity index (χ2v) is 11.5. The Labute approximate surface area is 265 Å². The highest BCUT2D eigenvalue weighted by atomic mass is 35.5. The molecule has 4 atom stereocenters. The third-order valence-electron chi connectivity index (χ3n) is 7.79. The molecular weight excluding hydrogens is 605 g/mol. The molecule has 3 N–H and O–H groups in total. The third-order valence-corrected chi connectivity index (χ3v) is 8.56. The number of carboxylic acids is 1. The number of hydrogen-bond donors (Lipinski definition) is 3. The van der Waals surface area contributed by atoms with E-state index >= 15 is 0 Å². The van der Waals surface area contributed by atoms with Crippen molar-refractivity contribution in [2.75, 3.05) is 0 Å². The molecule has 230 valence electrons. The van der Waals surface area contributed by atoms with Gasteiger partial charge in [-0.05, 0) is 27.8 Å². The minimum absolute atomic E-state index is 0.0395. The standard InChI is InChI=1S/C33H33Cl2N3O6/c1-20-27(17-38-19-37-31(34)32(38)35)43-33(44-30(20)23-8-6-21(18-39)7-9-23)24-12-10-22(11-13-24)26-5-3-2-4-25(26)16-36-28(40)14-15-29(41)42/h2-13,19-20,27,30,33,39H,14-18H2,1H3,(H,36,40)(H,41,42). The van der Waals surface area contributed by atoms with Gasteiger partial charge in [0.2, 0.25) is 5.91 Å². The lowest BCUT2D eigenvalue weighted by Gasteiger charge is -2.41. The normalized spacial score (nSPS) is 19.9. The number of aliphatic hydroxyl groups excluding tert-OH is 1. The lowest BCUT2D eigenvalue weighted by atomic mass is 9.90. The van der Waals surface area contributed by atoms with Gasteiger partial charge in [-0.15, -0.1) is 0 Å². The topological polar surface area (TPSA) is 123 Å². The van der Waals surface area contributed by atoms with Gasteiger partial charge < -0.3 is 29.6 Å². The molecule has 1 aromatic heterocycles. The molecule has 0 aliphatic carbocycles. The zero-order valence-corrected chi connectivity index (χ0v) is 25.5. The number of ether oxygens (including phenoxy) is 2. The van der Waals surface area contributed by atoms with Crippen LogP contribution in [0.3, 0.4) is 0 Å². The fraction of sp³-hybridized carbons (Fsp3) is 0.303. The van der Waals surface area contributed by atoms with Gasteiger partial charge in [0.1, 0.15) is 5.15 Å². The van der Waals surface area contributed by atoms with E-state index in [0.717, 1.165) is 33.4 Å². The number of aliphatic hydroxyl groups is 1. The Morgan fingerprint density at radius 1 is 0.955 bits per heavy atom. The van der Waals surface area contributed by atoms with Gasteiger partial charge in [-0.25, -0.2) is 4.98 Å². The number of benzene rings is 3. The summed E-state index contributed by atoms with van der Waals surface area (Å²) in [5.41, 5.74) is 5.42. The van der Waals surface area contributed by atoms with Crippen molar-refractivity contribution in [1.82, 2.24) is 14.9 Å². The van der Waals surface area contributed by atoms with Crippen LogP contribution in [0.1, 0.15) is 54.4 Å². The molecule has 2 heterocycles. The minimum Gasteiger partial charge on any atom is -0.481 e. The number of carbonyl (C=O) groups is 2. The number of imidazole rings is 1. The van der Waals surface area contributed by atoms with Crippen molar-refractivity contribution in [3.63, 3.8) is 0 Å². The van der Waals surface area contributed by atoms with Gasteiger partial charge in [-0.2, -0.15) is 0 Å². The molecule has 1 aliphatic heterocycles. The Hall–Kier alpha value is -3.73. The van der Waals surface area contributed by atoms with Crippen LogP contribution in [-0.4, -0.2) is 37.7 Å². The summed E-state index contributed by atoms with van der Waals surface area (Å²) in [6, 6.07) is 23.3. The quantitative estimate of drug-likeness (QED) is 0.176. The van der Waals surface area contributed by atoms with Gasteiger partial charge in [0.15, 0.2) is 11.4 Å². The maximum Gasteiger partial charge on any atom is 0.303 e. The summed E-state index contributed by atoms with van der Waals surface area (Å²) in [5, 5.41) is 21.7. The number of hydrogen-bond acceptors (Lipinski definition) is 6. The first-order chi connectivity index (χ1) is 21.2. The van der Waals surface area contributed by atoms with Crippen molar-refractivity contribution in [2.45, 2.75) is 58.0 Å². The SMILES string of the molecule is CC1C(Cn2cnc(Cl)c2Cl)OC(c2ccc(-c3ccccc3CNC(=O)CCC(=O)O)cc2)OC1c1ccc(CO)cc1. The molecule has 1 fully saturated rings. The van der Waals surface area contributed by atoms with E-state index in [1.807, 2.05) is 72.8 Å². The average Bonchev–Trinajstić information content (AvgIpc) is 3.36. The van der Waals surface area contributed by atoms with E-state index in [1.54, 1.807) is 10.9 Å². The van der Waals surface area contributed by atoms with Crippen molar-refractivity contribution >= 4 is 35.1 Å². The number of rotatable bonds is 11. The van der Waals surface area contributed by atoms with Crippen LogP contribution in [0.2, 0.25) is 10.3 Å². The molecule has 3 aromatic carbocycles. The lowest BCUT2D eigenvalue weighted by Crippen LogP contribution is -2.39. The third kappa shape index (κ3) is 7.49. The van der Waals surface area contributed by atoms with Gasteiger partial charge in [-0.1, -0.05) is 103 Å². The van der Waals surface area contributed by atoms with E-state index in [-0.39, 0.29) is 55.2 Å². The molecule has 0 spiro atoms. The van der Waals surface area contributed by atoms with Gasteiger partial charge in [-0.3, -0.25) is 9.59 Å². The van der Waals surface area contributed by atoms with Crippen LogP contribution in [0.4, 0.5) is 0 Å². The fourth-order valence-electron chi connectivity index (χ4n) is 5.27. The number of nitrogens with zero attached hydrogens (tertiary/aromatic N) is 2. The van der Waals surface area contributed by atoms with E-state index in [1.165, 1.54) is 0 Å². The predicted molar refractivity (Wildman–Crippen MR) is 166 cm³/mol. The number of halogens is 2. The van der Waals surface area contributed by atoms with Crippen LogP contribution >= 0.6 is 23.2 Å².